The van der Waals surface area contributed by atoms with E-state index in [1.54, 1.807) is 6.92 Å². The fraction of sp³-hybridized carbons (Fsp3) is 0.500. The van der Waals surface area contributed by atoms with Crippen LogP contribution in [0.15, 0.2) is 24.3 Å². The van der Waals surface area contributed by atoms with Gasteiger partial charge in [0, 0.05) is 5.56 Å². The van der Waals surface area contributed by atoms with Crippen LogP contribution in [0.2, 0.25) is 0 Å². The highest BCUT2D eigenvalue weighted by atomic mass is 16.5. The Morgan fingerprint density at radius 3 is 2.44 bits per heavy atom. The van der Waals surface area contributed by atoms with Gasteiger partial charge in [-0.2, -0.15) is 0 Å². The molecular formula is C14H18O2. The number of benzene rings is 1. The topological polar surface area (TPSA) is 26.3 Å². The molecular weight excluding hydrogens is 200 g/mol. The number of Topliss-reactive ketones (excluding diaryl/α,β-unsaturated/α-hetero) is 1. The third-order valence-electron chi connectivity index (χ3n) is 3.52. The van der Waals surface area contributed by atoms with E-state index in [-0.39, 0.29) is 5.78 Å². The third kappa shape index (κ3) is 2.43. The summed E-state index contributed by atoms with van der Waals surface area (Å²) in [6, 6.07) is 7.39. The maximum absolute atomic E-state index is 11.1. The Labute approximate surface area is 96.6 Å². The van der Waals surface area contributed by atoms with E-state index in [4.69, 9.17) is 4.74 Å². The SMILES string of the molecule is CC(=O)c1ccc(OC[C@H]2CC[C@H]2C)cc1. The van der Waals surface area contributed by atoms with Gasteiger partial charge in [0.2, 0.25) is 0 Å². The average Bonchev–Trinajstić information content (AvgIpc) is 2.28. The highest BCUT2D eigenvalue weighted by Gasteiger charge is 2.26. The van der Waals surface area contributed by atoms with Crippen LogP contribution in [0.25, 0.3) is 0 Å². The molecule has 2 nitrogen and oxygen atoms in total. The lowest BCUT2D eigenvalue weighted by Gasteiger charge is -2.33. The summed E-state index contributed by atoms with van der Waals surface area (Å²) >= 11 is 0. The Bertz CT molecular complexity index is 367. The normalized spacial score (nSPS) is 23.6. The second-order valence-corrected chi connectivity index (χ2v) is 4.71. The Morgan fingerprint density at radius 2 is 2.00 bits per heavy atom. The Morgan fingerprint density at radius 1 is 1.31 bits per heavy atom. The summed E-state index contributed by atoms with van der Waals surface area (Å²) in [4.78, 5) is 11.1. The molecule has 1 saturated carbocycles. The predicted octanol–water partition coefficient (Wildman–Crippen LogP) is 3.31. The first kappa shape index (κ1) is 11.2. The van der Waals surface area contributed by atoms with Gasteiger partial charge in [0.1, 0.15) is 5.75 Å². The second-order valence-electron chi connectivity index (χ2n) is 4.71. The van der Waals surface area contributed by atoms with Gasteiger partial charge in [-0.3, -0.25) is 4.79 Å². The Balaban J connectivity index is 1.87. The summed E-state index contributed by atoms with van der Waals surface area (Å²) < 4.78 is 5.70. The fourth-order valence-corrected chi connectivity index (χ4v) is 1.97. The van der Waals surface area contributed by atoms with Crippen LogP contribution in [0, 0.1) is 11.8 Å². The molecule has 0 aliphatic heterocycles. The first-order valence-electron chi connectivity index (χ1n) is 5.90. The lowest BCUT2D eigenvalue weighted by Crippen LogP contribution is -2.28. The van der Waals surface area contributed by atoms with Crippen molar-refractivity contribution in [2.24, 2.45) is 11.8 Å². The van der Waals surface area contributed by atoms with E-state index in [0.29, 0.717) is 5.92 Å². The summed E-state index contributed by atoms with van der Waals surface area (Å²) in [6.45, 7) is 4.66. The number of carbonyl (C=O) groups is 1. The van der Waals surface area contributed by atoms with Gasteiger partial charge in [-0.05, 0) is 55.9 Å². The molecule has 0 amide bonds. The van der Waals surface area contributed by atoms with Gasteiger partial charge in [-0.1, -0.05) is 6.92 Å². The Hall–Kier alpha value is -1.31. The molecule has 86 valence electrons. The number of carbonyl (C=O) groups excluding carboxylic acids is 1. The first-order chi connectivity index (χ1) is 7.66. The maximum atomic E-state index is 11.1. The number of hydrogen-bond donors (Lipinski definition) is 0. The molecule has 0 saturated heterocycles. The van der Waals surface area contributed by atoms with E-state index in [1.165, 1.54) is 12.8 Å². The highest BCUT2D eigenvalue weighted by molar-refractivity contribution is 5.94. The summed E-state index contributed by atoms with van der Waals surface area (Å²) in [5, 5.41) is 0. The molecule has 1 aliphatic rings. The molecule has 1 aromatic carbocycles. The maximum Gasteiger partial charge on any atom is 0.159 e. The van der Waals surface area contributed by atoms with Crippen LogP contribution >= 0.6 is 0 Å². The van der Waals surface area contributed by atoms with E-state index in [2.05, 4.69) is 6.92 Å². The van der Waals surface area contributed by atoms with Gasteiger partial charge in [-0.15, -0.1) is 0 Å². The van der Waals surface area contributed by atoms with Crippen LogP contribution in [0.5, 0.6) is 5.75 Å². The van der Waals surface area contributed by atoms with E-state index in [9.17, 15) is 4.79 Å². The van der Waals surface area contributed by atoms with Crippen LogP contribution in [-0.4, -0.2) is 12.4 Å². The lowest BCUT2D eigenvalue weighted by molar-refractivity contribution is 0.101. The van der Waals surface area contributed by atoms with Gasteiger partial charge in [0.25, 0.3) is 0 Å². The Kier molecular flexibility index (Phi) is 3.28. The minimum absolute atomic E-state index is 0.0964. The molecule has 0 heterocycles. The first-order valence-corrected chi connectivity index (χ1v) is 5.90. The summed E-state index contributed by atoms with van der Waals surface area (Å²) in [5.74, 6) is 2.48. The van der Waals surface area contributed by atoms with E-state index < -0.39 is 0 Å². The molecule has 2 rings (SSSR count). The van der Waals surface area contributed by atoms with Crippen LogP contribution in [0.3, 0.4) is 0 Å². The fourth-order valence-electron chi connectivity index (χ4n) is 1.97. The smallest absolute Gasteiger partial charge is 0.159 e. The standard InChI is InChI=1S/C14H18O2/c1-10-3-4-13(10)9-16-14-7-5-12(6-8-14)11(2)15/h5-8,10,13H,3-4,9H2,1-2H3/t10-,13-/m1/s1. The van der Waals surface area contributed by atoms with Crippen molar-refractivity contribution in [3.05, 3.63) is 29.8 Å². The van der Waals surface area contributed by atoms with Crippen molar-refractivity contribution in [1.29, 1.82) is 0 Å². The molecule has 1 aromatic rings. The van der Waals surface area contributed by atoms with Gasteiger partial charge in [-0.25, -0.2) is 0 Å². The predicted molar refractivity (Wildman–Crippen MR) is 63.8 cm³/mol. The molecule has 0 unspecified atom stereocenters. The van der Waals surface area contributed by atoms with Crippen LogP contribution in [0.1, 0.15) is 37.0 Å². The van der Waals surface area contributed by atoms with Crippen molar-refractivity contribution in [2.45, 2.75) is 26.7 Å². The monoisotopic (exact) mass is 218 g/mol. The van der Waals surface area contributed by atoms with Gasteiger partial charge >= 0.3 is 0 Å². The highest BCUT2D eigenvalue weighted by Crippen LogP contribution is 2.33. The number of hydrogen-bond acceptors (Lipinski definition) is 2. The van der Waals surface area contributed by atoms with Gasteiger partial charge < -0.3 is 4.74 Å². The number of ketones is 1. The van der Waals surface area contributed by atoms with Crippen molar-refractivity contribution >= 4 is 5.78 Å². The molecule has 0 aromatic heterocycles. The van der Waals surface area contributed by atoms with Crippen LogP contribution in [0.4, 0.5) is 0 Å². The van der Waals surface area contributed by atoms with Crippen molar-refractivity contribution in [3.8, 4) is 5.75 Å². The summed E-state index contributed by atoms with van der Waals surface area (Å²) in [7, 11) is 0. The van der Waals surface area contributed by atoms with Crippen LogP contribution in [-0.2, 0) is 0 Å². The van der Waals surface area contributed by atoms with Crippen molar-refractivity contribution in [1.82, 2.24) is 0 Å². The minimum atomic E-state index is 0.0964. The van der Waals surface area contributed by atoms with E-state index in [0.717, 1.165) is 23.8 Å². The molecule has 0 N–H and O–H groups in total. The molecule has 1 fully saturated rings. The van der Waals surface area contributed by atoms with E-state index >= 15 is 0 Å². The number of ether oxygens (including phenoxy) is 1. The lowest BCUT2D eigenvalue weighted by atomic mass is 9.75. The summed E-state index contributed by atoms with van der Waals surface area (Å²) in [6.07, 6.45) is 2.62. The molecule has 0 bridgehead atoms. The van der Waals surface area contributed by atoms with E-state index in [1.807, 2.05) is 24.3 Å². The minimum Gasteiger partial charge on any atom is -0.493 e. The number of rotatable bonds is 4. The second kappa shape index (κ2) is 4.69. The molecule has 2 heteroatoms. The average molecular weight is 218 g/mol. The van der Waals surface area contributed by atoms with Crippen molar-refractivity contribution in [3.63, 3.8) is 0 Å². The molecule has 0 radical (unpaired) electrons. The molecule has 1 aliphatic carbocycles. The zero-order chi connectivity index (χ0) is 11.5. The summed E-state index contributed by atoms with van der Waals surface area (Å²) in [5.41, 5.74) is 0.740. The zero-order valence-electron chi connectivity index (χ0n) is 9.90. The largest absolute Gasteiger partial charge is 0.493 e. The molecule has 16 heavy (non-hydrogen) atoms. The molecule has 2 atom stereocenters. The van der Waals surface area contributed by atoms with Crippen molar-refractivity contribution < 1.29 is 9.53 Å². The van der Waals surface area contributed by atoms with Gasteiger partial charge in [0.15, 0.2) is 5.78 Å². The molecule has 0 spiro atoms. The van der Waals surface area contributed by atoms with Crippen molar-refractivity contribution in [2.75, 3.05) is 6.61 Å². The van der Waals surface area contributed by atoms with Gasteiger partial charge in [0.05, 0.1) is 6.61 Å². The zero-order valence-corrected chi connectivity index (χ0v) is 9.90. The third-order valence-corrected chi connectivity index (χ3v) is 3.52. The quantitative estimate of drug-likeness (QED) is 0.725. The van der Waals surface area contributed by atoms with Crippen LogP contribution < -0.4 is 4.74 Å².